The molecule has 0 aliphatic heterocycles. The molecule has 0 amide bonds. The molecule has 3 aliphatic carbocycles. The minimum absolute atomic E-state index is 0.313. The van der Waals surface area contributed by atoms with E-state index >= 15 is 0 Å². The summed E-state index contributed by atoms with van der Waals surface area (Å²) >= 11 is 0. The third-order valence-corrected chi connectivity index (χ3v) is 5.76. The number of fused-ring (bicyclic) bond motifs is 5. The lowest BCUT2D eigenvalue weighted by atomic mass is 10.0. The van der Waals surface area contributed by atoms with E-state index < -0.39 is 0 Å². The molecule has 1 aromatic rings. The number of nitrogen functional groups attached to an aromatic ring is 1. The van der Waals surface area contributed by atoms with Crippen molar-refractivity contribution in [1.29, 1.82) is 0 Å². The second-order valence-electron chi connectivity index (χ2n) is 7.25. The number of nitrogens with two attached hydrogens (primary N) is 1. The van der Waals surface area contributed by atoms with Crippen molar-refractivity contribution >= 4 is 11.6 Å². The molecule has 3 N–H and O–H groups in total. The minimum Gasteiger partial charge on any atom is -0.383 e. The molecule has 1 heterocycles. The second-order valence-corrected chi connectivity index (χ2v) is 7.25. The summed E-state index contributed by atoms with van der Waals surface area (Å²) in [6.45, 7) is 6.24. The van der Waals surface area contributed by atoms with Crippen LogP contribution in [0.2, 0.25) is 0 Å². The molecule has 0 spiro atoms. The Balaban J connectivity index is 1.58. The highest BCUT2D eigenvalue weighted by atomic mass is 15.1. The van der Waals surface area contributed by atoms with Gasteiger partial charge in [-0.3, -0.25) is 0 Å². The molecule has 3 aliphatic rings. The maximum absolute atomic E-state index is 6.05. The van der Waals surface area contributed by atoms with Crippen molar-refractivity contribution in [3.8, 4) is 0 Å². The molecule has 3 saturated carbocycles. The zero-order valence-electron chi connectivity index (χ0n) is 12.6. The molecular formula is C16H24N4. The lowest BCUT2D eigenvalue weighted by Gasteiger charge is -2.16. The lowest BCUT2D eigenvalue weighted by molar-refractivity contribution is 0.456. The first-order chi connectivity index (χ1) is 9.56. The van der Waals surface area contributed by atoms with Gasteiger partial charge in [0.25, 0.3) is 0 Å². The lowest BCUT2D eigenvalue weighted by Crippen LogP contribution is -2.16. The van der Waals surface area contributed by atoms with Gasteiger partial charge in [-0.1, -0.05) is 13.8 Å². The molecule has 0 aromatic carbocycles. The summed E-state index contributed by atoms with van der Waals surface area (Å²) in [5.74, 6) is 6.54. The van der Waals surface area contributed by atoms with Crippen LogP contribution in [0.25, 0.3) is 0 Å². The van der Waals surface area contributed by atoms with Crippen molar-refractivity contribution in [2.45, 2.75) is 52.0 Å². The van der Waals surface area contributed by atoms with Gasteiger partial charge in [-0.2, -0.15) is 0 Å². The predicted octanol–water partition coefficient (Wildman–Crippen LogP) is 2.95. The second kappa shape index (κ2) is 4.09. The molecular weight excluding hydrogens is 248 g/mol. The fourth-order valence-electron chi connectivity index (χ4n) is 4.63. The van der Waals surface area contributed by atoms with Crippen LogP contribution in [-0.4, -0.2) is 16.0 Å². The van der Waals surface area contributed by atoms with Gasteiger partial charge in [-0.15, -0.1) is 0 Å². The first-order valence-electron chi connectivity index (χ1n) is 7.96. The van der Waals surface area contributed by atoms with Crippen LogP contribution in [0.15, 0.2) is 0 Å². The molecule has 4 nitrogen and oxygen atoms in total. The Morgan fingerprint density at radius 3 is 2.40 bits per heavy atom. The van der Waals surface area contributed by atoms with Crippen molar-refractivity contribution in [2.75, 3.05) is 11.1 Å². The van der Waals surface area contributed by atoms with E-state index in [1.165, 1.54) is 19.3 Å². The van der Waals surface area contributed by atoms with E-state index in [-0.39, 0.29) is 0 Å². The number of rotatable bonds is 3. The molecule has 0 radical (unpaired) electrons. The van der Waals surface area contributed by atoms with Gasteiger partial charge in [0.1, 0.15) is 17.5 Å². The molecule has 1 aromatic heterocycles. The van der Waals surface area contributed by atoms with Crippen molar-refractivity contribution in [3.63, 3.8) is 0 Å². The average Bonchev–Trinajstić information content (AvgIpc) is 2.81. The van der Waals surface area contributed by atoms with E-state index in [1.54, 1.807) is 0 Å². The van der Waals surface area contributed by atoms with Crippen LogP contribution in [-0.2, 0) is 0 Å². The Labute approximate surface area is 120 Å². The van der Waals surface area contributed by atoms with E-state index in [0.29, 0.717) is 17.8 Å². The summed E-state index contributed by atoms with van der Waals surface area (Å²) in [6, 6.07) is 0.647. The quantitative estimate of drug-likeness (QED) is 0.888. The smallest absolute Gasteiger partial charge is 0.135 e. The van der Waals surface area contributed by atoms with Crippen LogP contribution in [0.3, 0.4) is 0 Å². The molecule has 108 valence electrons. The predicted molar refractivity (Wildman–Crippen MR) is 80.5 cm³/mol. The zero-order chi connectivity index (χ0) is 14.0. The average molecular weight is 272 g/mol. The summed E-state index contributed by atoms with van der Waals surface area (Å²) in [5.41, 5.74) is 7.05. The molecule has 4 atom stereocenters. The van der Waals surface area contributed by atoms with Gasteiger partial charge in [0.15, 0.2) is 0 Å². The SMILES string of the molecule is Cc1c(N)nc(C(C)C)nc1NC1C2C3CCC(C3)C12. The van der Waals surface area contributed by atoms with Crippen LogP contribution < -0.4 is 11.1 Å². The Bertz CT molecular complexity index is 538. The number of anilines is 2. The van der Waals surface area contributed by atoms with Crippen molar-refractivity contribution in [1.82, 2.24) is 9.97 Å². The summed E-state index contributed by atoms with van der Waals surface area (Å²) < 4.78 is 0. The molecule has 20 heavy (non-hydrogen) atoms. The van der Waals surface area contributed by atoms with Gasteiger partial charge in [0.2, 0.25) is 0 Å². The number of nitrogens with zero attached hydrogens (tertiary/aromatic N) is 2. The van der Waals surface area contributed by atoms with E-state index in [9.17, 15) is 0 Å². The molecule has 3 fully saturated rings. The van der Waals surface area contributed by atoms with Gasteiger partial charge in [0.05, 0.1) is 0 Å². The van der Waals surface area contributed by atoms with Gasteiger partial charge in [-0.05, 0) is 49.9 Å². The van der Waals surface area contributed by atoms with E-state index in [1.807, 2.05) is 6.92 Å². The number of nitrogens with one attached hydrogen (secondary N) is 1. The molecule has 4 unspecified atom stereocenters. The summed E-state index contributed by atoms with van der Waals surface area (Å²) in [5, 5.41) is 3.69. The van der Waals surface area contributed by atoms with E-state index in [0.717, 1.165) is 40.9 Å². The molecule has 4 rings (SSSR count). The van der Waals surface area contributed by atoms with Crippen LogP contribution >= 0.6 is 0 Å². The first kappa shape index (κ1) is 12.4. The number of hydrogen-bond donors (Lipinski definition) is 2. The highest BCUT2D eigenvalue weighted by molar-refractivity contribution is 5.56. The van der Waals surface area contributed by atoms with Gasteiger partial charge in [-0.25, -0.2) is 9.97 Å². The molecule has 0 saturated heterocycles. The Morgan fingerprint density at radius 2 is 1.80 bits per heavy atom. The monoisotopic (exact) mass is 272 g/mol. The van der Waals surface area contributed by atoms with Crippen molar-refractivity contribution in [2.24, 2.45) is 23.7 Å². The standard InChI is InChI=1S/C16H24N4/c1-7(2)15-19-14(17)8(3)16(20-15)18-13-11-9-4-5-10(6-9)12(11)13/h7,9-13H,4-6H2,1-3H3,(H3,17,18,19,20). The fourth-order valence-corrected chi connectivity index (χ4v) is 4.63. The van der Waals surface area contributed by atoms with Gasteiger partial charge in [0, 0.05) is 17.5 Å². The van der Waals surface area contributed by atoms with E-state index in [4.69, 9.17) is 10.7 Å². The maximum Gasteiger partial charge on any atom is 0.135 e. The summed E-state index contributed by atoms with van der Waals surface area (Å²) in [7, 11) is 0. The van der Waals surface area contributed by atoms with Crippen LogP contribution in [0.4, 0.5) is 11.6 Å². The molecule has 2 bridgehead atoms. The third-order valence-electron chi connectivity index (χ3n) is 5.76. The minimum atomic E-state index is 0.313. The fraction of sp³-hybridized carbons (Fsp3) is 0.750. The van der Waals surface area contributed by atoms with Crippen LogP contribution in [0.1, 0.15) is 50.4 Å². The third kappa shape index (κ3) is 1.66. The van der Waals surface area contributed by atoms with Crippen LogP contribution in [0.5, 0.6) is 0 Å². The highest BCUT2D eigenvalue weighted by Gasteiger charge is 2.65. The Hall–Kier alpha value is -1.32. The number of aromatic nitrogens is 2. The number of hydrogen-bond acceptors (Lipinski definition) is 4. The van der Waals surface area contributed by atoms with E-state index in [2.05, 4.69) is 24.1 Å². The first-order valence-corrected chi connectivity index (χ1v) is 7.96. The Kier molecular flexibility index (Phi) is 2.54. The maximum atomic E-state index is 6.05. The highest BCUT2D eigenvalue weighted by Crippen LogP contribution is 2.66. The Morgan fingerprint density at radius 1 is 1.15 bits per heavy atom. The van der Waals surface area contributed by atoms with Crippen molar-refractivity contribution in [3.05, 3.63) is 11.4 Å². The van der Waals surface area contributed by atoms with Crippen LogP contribution in [0, 0.1) is 30.6 Å². The zero-order valence-corrected chi connectivity index (χ0v) is 12.6. The summed E-state index contributed by atoms with van der Waals surface area (Å²) in [4.78, 5) is 9.11. The van der Waals surface area contributed by atoms with Crippen molar-refractivity contribution < 1.29 is 0 Å². The topological polar surface area (TPSA) is 63.8 Å². The van der Waals surface area contributed by atoms with Gasteiger partial charge >= 0.3 is 0 Å². The summed E-state index contributed by atoms with van der Waals surface area (Å²) in [6.07, 6.45) is 4.38. The normalized spacial score (nSPS) is 37.3. The molecule has 4 heteroatoms. The van der Waals surface area contributed by atoms with Gasteiger partial charge < -0.3 is 11.1 Å². The largest absolute Gasteiger partial charge is 0.383 e.